The van der Waals surface area contributed by atoms with Crippen molar-refractivity contribution >= 4 is 45.7 Å². The predicted octanol–water partition coefficient (Wildman–Crippen LogP) is 3.37. The zero-order valence-electron chi connectivity index (χ0n) is 10.2. The van der Waals surface area contributed by atoms with Crippen LogP contribution < -0.4 is 5.32 Å². The Morgan fingerprint density at radius 1 is 1.42 bits per heavy atom. The molecule has 100 valence electrons. The summed E-state index contributed by atoms with van der Waals surface area (Å²) in [6.45, 7) is 1.85. The molecule has 0 aliphatic carbocycles. The minimum atomic E-state index is -0.0757. The molecule has 2 rings (SSSR count). The normalized spacial score (nSPS) is 10.4. The van der Waals surface area contributed by atoms with Gasteiger partial charge in [-0.2, -0.15) is 0 Å². The Hall–Kier alpha value is -1.11. The summed E-state index contributed by atoms with van der Waals surface area (Å²) in [7, 11) is 0. The molecular weight excluding hydrogens is 302 g/mol. The number of hydrogen-bond donors (Lipinski definition) is 1. The topological polar surface area (TPSA) is 54.9 Å². The molecular formula is C12H12ClN3OS2. The number of aryl methyl sites for hydroxylation is 1. The van der Waals surface area contributed by atoms with Gasteiger partial charge in [-0.1, -0.05) is 41.1 Å². The Kier molecular flexibility index (Phi) is 5.18. The molecule has 7 heteroatoms. The molecule has 0 saturated heterocycles. The number of rotatable bonds is 5. The standard InChI is InChI=1S/C12H12ClN3OS2/c1-8-15-16-12(19-8)14-11(17)7-18-6-9-4-2-3-5-10(9)13/h2-5H,6-7H2,1H3,(H,14,16,17). The summed E-state index contributed by atoms with van der Waals surface area (Å²) in [5, 5.41) is 12.5. The van der Waals surface area contributed by atoms with Crippen LogP contribution in [0.5, 0.6) is 0 Å². The fourth-order valence-corrected chi connectivity index (χ4v) is 3.09. The van der Waals surface area contributed by atoms with Crippen molar-refractivity contribution < 1.29 is 4.79 Å². The number of nitrogens with zero attached hydrogens (tertiary/aromatic N) is 2. The lowest BCUT2D eigenvalue weighted by Crippen LogP contribution is -2.14. The molecule has 0 unspecified atom stereocenters. The summed E-state index contributed by atoms with van der Waals surface area (Å²) >= 11 is 8.92. The number of hydrogen-bond acceptors (Lipinski definition) is 5. The van der Waals surface area contributed by atoms with Gasteiger partial charge in [0.15, 0.2) is 0 Å². The zero-order chi connectivity index (χ0) is 13.7. The molecule has 4 nitrogen and oxygen atoms in total. The first-order chi connectivity index (χ1) is 9.15. The van der Waals surface area contributed by atoms with Crippen LogP contribution in [-0.4, -0.2) is 21.9 Å². The first-order valence-electron chi connectivity index (χ1n) is 5.56. The van der Waals surface area contributed by atoms with Crippen LogP contribution in [0.3, 0.4) is 0 Å². The number of halogens is 1. The summed E-state index contributed by atoms with van der Waals surface area (Å²) in [5.41, 5.74) is 1.04. The van der Waals surface area contributed by atoms with E-state index in [0.29, 0.717) is 16.6 Å². The maximum atomic E-state index is 11.7. The van der Waals surface area contributed by atoms with Gasteiger partial charge in [0.25, 0.3) is 0 Å². The highest BCUT2D eigenvalue weighted by molar-refractivity contribution is 7.99. The molecule has 0 bridgehead atoms. The molecule has 1 aromatic carbocycles. The fourth-order valence-electron chi connectivity index (χ4n) is 1.37. The van der Waals surface area contributed by atoms with Crippen LogP contribution in [0.1, 0.15) is 10.6 Å². The van der Waals surface area contributed by atoms with Crippen molar-refractivity contribution in [3.8, 4) is 0 Å². The monoisotopic (exact) mass is 313 g/mol. The lowest BCUT2D eigenvalue weighted by Gasteiger charge is -2.03. The van der Waals surface area contributed by atoms with E-state index in [2.05, 4.69) is 15.5 Å². The van der Waals surface area contributed by atoms with E-state index in [1.54, 1.807) is 0 Å². The molecule has 0 aliphatic heterocycles. The van der Waals surface area contributed by atoms with Gasteiger partial charge in [-0.3, -0.25) is 10.1 Å². The van der Waals surface area contributed by atoms with Crippen molar-refractivity contribution in [1.29, 1.82) is 0 Å². The second-order valence-corrected chi connectivity index (χ2v) is 6.33. The van der Waals surface area contributed by atoms with Crippen LogP contribution in [0.15, 0.2) is 24.3 Å². The SMILES string of the molecule is Cc1nnc(NC(=O)CSCc2ccccc2Cl)s1. The number of carbonyl (C=O) groups is 1. The largest absolute Gasteiger partial charge is 0.300 e. The smallest absolute Gasteiger partial charge is 0.236 e. The molecule has 0 atom stereocenters. The summed E-state index contributed by atoms with van der Waals surface area (Å²) in [5.74, 6) is 1.000. The summed E-state index contributed by atoms with van der Waals surface area (Å²) in [6.07, 6.45) is 0. The van der Waals surface area contributed by atoms with Gasteiger partial charge < -0.3 is 0 Å². The van der Waals surface area contributed by atoms with Crippen molar-refractivity contribution in [1.82, 2.24) is 10.2 Å². The maximum absolute atomic E-state index is 11.7. The lowest BCUT2D eigenvalue weighted by molar-refractivity contribution is -0.113. The zero-order valence-corrected chi connectivity index (χ0v) is 12.6. The third kappa shape index (κ3) is 4.49. The second-order valence-electron chi connectivity index (χ2n) is 3.76. The number of nitrogens with one attached hydrogen (secondary N) is 1. The van der Waals surface area contributed by atoms with Gasteiger partial charge in [0.2, 0.25) is 11.0 Å². The average Bonchev–Trinajstić information content (AvgIpc) is 2.77. The number of amides is 1. The van der Waals surface area contributed by atoms with Crippen molar-refractivity contribution in [3.63, 3.8) is 0 Å². The molecule has 2 aromatic rings. The summed E-state index contributed by atoms with van der Waals surface area (Å²) < 4.78 is 0. The van der Waals surface area contributed by atoms with Gasteiger partial charge in [0.1, 0.15) is 5.01 Å². The van der Waals surface area contributed by atoms with Crippen molar-refractivity contribution in [2.45, 2.75) is 12.7 Å². The van der Waals surface area contributed by atoms with Gasteiger partial charge in [0, 0.05) is 10.8 Å². The van der Waals surface area contributed by atoms with Gasteiger partial charge in [-0.15, -0.1) is 22.0 Å². The van der Waals surface area contributed by atoms with Crippen LogP contribution in [0.4, 0.5) is 5.13 Å². The molecule has 0 aliphatic rings. The van der Waals surface area contributed by atoms with E-state index in [1.165, 1.54) is 23.1 Å². The molecule has 1 aromatic heterocycles. The van der Waals surface area contributed by atoms with Crippen LogP contribution in [0.25, 0.3) is 0 Å². The Bertz CT molecular complexity index is 574. The highest BCUT2D eigenvalue weighted by Gasteiger charge is 2.07. The number of thioether (sulfide) groups is 1. The molecule has 19 heavy (non-hydrogen) atoms. The van der Waals surface area contributed by atoms with E-state index < -0.39 is 0 Å². The van der Waals surface area contributed by atoms with Crippen LogP contribution in [-0.2, 0) is 10.5 Å². The average molecular weight is 314 g/mol. The van der Waals surface area contributed by atoms with Crippen molar-refractivity contribution in [2.24, 2.45) is 0 Å². The Morgan fingerprint density at radius 3 is 2.89 bits per heavy atom. The van der Waals surface area contributed by atoms with E-state index in [4.69, 9.17) is 11.6 Å². The Balaban J connectivity index is 1.77. The Morgan fingerprint density at radius 2 is 2.21 bits per heavy atom. The van der Waals surface area contributed by atoms with E-state index in [9.17, 15) is 4.79 Å². The van der Waals surface area contributed by atoms with Gasteiger partial charge in [-0.25, -0.2) is 0 Å². The van der Waals surface area contributed by atoms with Crippen LogP contribution in [0.2, 0.25) is 5.02 Å². The quantitative estimate of drug-likeness (QED) is 0.919. The van der Waals surface area contributed by atoms with Crippen LogP contribution >= 0.6 is 34.7 Å². The third-order valence-electron chi connectivity index (χ3n) is 2.22. The van der Waals surface area contributed by atoms with Gasteiger partial charge in [0.05, 0.1) is 5.75 Å². The first kappa shape index (κ1) is 14.3. The van der Waals surface area contributed by atoms with Crippen LogP contribution in [0, 0.1) is 6.92 Å². The summed E-state index contributed by atoms with van der Waals surface area (Å²) in [4.78, 5) is 11.7. The van der Waals surface area contributed by atoms with E-state index in [1.807, 2.05) is 31.2 Å². The highest BCUT2D eigenvalue weighted by Crippen LogP contribution is 2.21. The van der Waals surface area contributed by atoms with Crippen molar-refractivity contribution in [2.75, 3.05) is 11.1 Å². The third-order valence-corrected chi connectivity index (χ3v) is 4.33. The number of benzene rings is 1. The predicted molar refractivity (Wildman–Crippen MR) is 80.9 cm³/mol. The van der Waals surface area contributed by atoms with Gasteiger partial charge in [-0.05, 0) is 18.6 Å². The lowest BCUT2D eigenvalue weighted by atomic mass is 10.2. The highest BCUT2D eigenvalue weighted by atomic mass is 35.5. The fraction of sp³-hybridized carbons (Fsp3) is 0.250. The van der Waals surface area contributed by atoms with Gasteiger partial charge >= 0.3 is 0 Å². The molecule has 0 radical (unpaired) electrons. The molecule has 1 amide bonds. The second kappa shape index (κ2) is 6.88. The number of aromatic nitrogens is 2. The first-order valence-corrected chi connectivity index (χ1v) is 7.91. The van der Waals surface area contributed by atoms with E-state index in [0.717, 1.165) is 15.6 Å². The Labute approximate surface area is 124 Å². The molecule has 1 heterocycles. The van der Waals surface area contributed by atoms with E-state index >= 15 is 0 Å². The summed E-state index contributed by atoms with van der Waals surface area (Å²) in [6, 6.07) is 7.63. The maximum Gasteiger partial charge on any atom is 0.236 e. The number of carbonyl (C=O) groups excluding carboxylic acids is 1. The minimum Gasteiger partial charge on any atom is -0.300 e. The minimum absolute atomic E-state index is 0.0757. The molecule has 1 N–H and O–H groups in total. The van der Waals surface area contributed by atoms with E-state index in [-0.39, 0.29) is 5.91 Å². The van der Waals surface area contributed by atoms with Crippen molar-refractivity contribution in [3.05, 3.63) is 39.9 Å². The molecule has 0 saturated carbocycles. The molecule has 0 fully saturated rings. The number of anilines is 1. The molecule has 0 spiro atoms.